The summed E-state index contributed by atoms with van der Waals surface area (Å²) in [6.07, 6.45) is 0.298. The molecule has 0 spiro atoms. The standard InChI is InChI=1S/C11H21N3O3/c1-13-5-7-14(8-6-13)10(15)9-12-4-3-11(16)17-2/h12H,3-9H2,1-2H3. The Hall–Kier alpha value is -1.14. The average molecular weight is 243 g/mol. The van der Waals surface area contributed by atoms with Crippen LogP contribution in [0.25, 0.3) is 0 Å². The predicted octanol–water partition coefficient (Wildman–Crippen LogP) is -1.09. The summed E-state index contributed by atoms with van der Waals surface area (Å²) in [5.41, 5.74) is 0. The molecule has 1 aliphatic rings. The molecule has 0 aromatic carbocycles. The lowest BCUT2D eigenvalue weighted by Gasteiger charge is -2.32. The van der Waals surface area contributed by atoms with E-state index in [1.807, 2.05) is 4.90 Å². The van der Waals surface area contributed by atoms with Crippen LogP contribution < -0.4 is 5.32 Å². The van der Waals surface area contributed by atoms with Crippen LogP contribution in [0.3, 0.4) is 0 Å². The van der Waals surface area contributed by atoms with Gasteiger partial charge in [0.05, 0.1) is 20.1 Å². The molecule has 0 radical (unpaired) electrons. The van der Waals surface area contributed by atoms with E-state index in [0.717, 1.165) is 26.2 Å². The van der Waals surface area contributed by atoms with Gasteiger partial charge in [-0.1, -0.05) is 0 Å². The molecule has 0 aromatic rings. The number of ether oxygens (including phenoxy) is 1. The van der Waals surface area contributed by atoms with Crippen LogP contribution in [0, 0.1) is 0 Å². The van der Waals surface area contributed by atoms with Gasteiger partial charge in [-0.15, -0.1) is 0 Å². The van der Waals surface area contributed by atoms with Gasteiger partial charge in [-0.2, -0.15) is 0 Å². The van der Waals surface area contributed by atoms with Crippen molar-refractivity contribution in [3.63, 3.8) is 0 Å². The van der Waals surface area contributed by atoms with Crippen molar-refractivity contribution in [2.75, 3.05) is 53.4 Å². The van der Waals surface area contributed by atoms with Gasteiger partial charge in [-0.3, -0.25) is 9.59 Å². The highest BCUT2D eigenvalue weighted by Crippen LogP contribution is 1.98. The van der Waals surface area contributed by atoms with Crippen molar-refractivity contribution in [2.24, 2.45) is 0 Å². The number of rotatable bonds is 5. The second-order valence-corrected chi connectivity index (χ2v) is 4.19. The van der Waals surface area contributed by atoms with Gasteiger partial charge in [0.2, 0.25) is 5.91 Å². The molecular formula is C11H21N3O3. The maximum atomic E-state index is 11.7. The molecule has 6 heteroatoms. The lowest BCUT2D eigenvalue weighted by molar-refractivity contribution is -0.140. The van der Waals surface area contributed by atoms with E-state index in [4.69, 9.17) is 0 Å². The van der Waals surface area contributed by atoms with Crippen LogP contribution in [0.1, 0.15) is 6.42 Å². The Kier molecular flexibility index (Phi) is 5.93. The van der Waals surface area contributed by atoms with Gasteiger partial charge in [-0.25, -0.2) is 0 Å². The molecule has 1 saturated heterocycles. The number of amides is 1. The molecule has 1 rings (SSSR count). The second-order valence-electron chi connectivity index (χ2n) is 4.19. The van der Waals surface area contributed by atoms with Gasteiger partial charge in [-0.05, 0) is 7.05 Å². The smallest absolute Gasteiger partial charge is 0.306 e. The molecule has 0 atom stereocenters. The molecule has 1 heterocycles. The summed E-state index contributed by atoms with van der Waals surface area (Å²) in [6, 6.07) is 0. The first kappa shape index (κ1) is 13.9. The fourth-order valence-corrected chi connectivity index (χ4v) is 1.66. The molecule has 0 unspecified atom stereocenters. The Morgan fingerprint density at radius 3 is 2.47 bits per heavy atom. The summed E-state index contributed by atoms with van der Waals surface area (Å²) in [5, 5.41) is 2.95. The number of nitrogens with zero attached hydrogens (tertiary/aromatic N) is 2. The van der Waals surface area contributed by atoms with Crippen LogP contribution in [-0.2, 0) is 14.3 Å². The van der Waals surface area contributed by atoms with Crippen LogP contribution in [0.4, 0.5) is 0 Å². The highest BCUT2D eigenvalue weighted by molar-refractivity contribution is 5.78. The van der Waals surface area contributed by atoms with Crippen LogP contribution in [0.15, 0.2) is 0 Å². The third kappa shape index (κ3) is 5.14. The number of methoxy groups -OCH3 is 1. The third-order valence-electron chi connectivity index (χ3n) is 2.87. The average Bonchev–Trinajstić information content (AvgIpc) is 2.34. The largest absolute Gasteiger partial charge is 0.469 e. The summed E-state index contributed by atoms with van der Waals surface area (Å²) >= 11 is 0. The molecule has 0 bridgehead atoms. The van der Waals surface area contributed by atoms with Crippen molar-refractivity contribution in [3.8, 4) is 0 Å². The monoisotopic (exact) mass is 243 g/mol. The topological polar surface area (TPSA) is 61.9 Å². The molecule has 1 amide bonds. The minimum Gasteiger partial charge on any atom is -0.469 e. The highest BCUT2D eigenvalue weighted by atomic mass is 16.5. The number of carbonyl (C=O) groups excluding carboxylic acids is 2. The molecule has 0 saturated carbocycles. The quantitative estimate of drug-likeness (QED) is 0.491. The number of hydrogen-bond donors (Lipinski definition) is 1. The summed E-state index contributed by atoms with van der Waals surface area (Å²) in [4.78, 5) is 26.6. The lowest BCUT2D eigenvalue weighted by atomic mass is 10.3. The van der Waals surface area contributed by atoms with Crippen molar-refractivity contribution < 1.29 is 14.3 Å². The van der Waals surface area contributed by atoms with Gasteiger partial charge in [0.15, 0.2) is 0 Å². The fraction of sp³-hybridized carbons (Fsp3) is 0.818. The number of likely N-dealkylation sites (N-methyl/N-ethyl adjacent to an activating group) is 1. The van der Waals surface area contributed by atoms with Crippen molar-refractivity contribution in [2.45, 2.75) is 6.42 Å². The van der Waals surface area contributed by atoms with Gasteiger partial charge < -0.3 is 19.9 Å². The van der Waals surface area contributed by atoms with Crippen molar-refractivity contribution in [1.29, 1.82) is 0 Å². The predicted molar refractivity (Wildman–Crippen MR) is 63.6 cm³/mol. The van der Waals surface area contributed by atoms with Gasteiger partial charge in [0.1, 0.15) is 0 Å². The van der Waals surface area contributed by atoms with Crippen molar-refractivity contribution in [1.82, 2.24) is 15.1 Å². The molecule has 0 aromatic heterocycles. The zero-order valence-corrected chi connectivity index (χ0v) is 10.6. The molecular weight excluding hydrogens is 222 g/mol. The Morgan fingerprint density at radius 2 is 1.88 bits per heavy atom. The van der Waals surface area contributed by atoms with E-state index >= 15 is 0 Å². The van der Waals surface area contributed by atoms with Crippen LogP contribution >= 0.6 is 0 Å². The minimum atomic E-state index is -0.260. The zero-order valence-electron chi connectivity index (χ0n) is 10.6. The van der Waals surface area contributed by atoms with Gasteiger partial charge in [0.25, 0.3) is 0 Å². The SMILES string of the molecule is COC(=O)CCNCC(=O)N1CCN(C)CC1. The number of carbonyl (C=O) groups is 2. The number of hydrogen-bond acceptors (Lipinski definition) is 5. The van der Waals surface area contributed by atoms with E-state index in [1.165, 1.54) is 7.11 Å². The van der Waals surface area contributed by atoms with Crippen LogP contribution in [0.5, 0.6) is 0 Å². The molecule has 0 aliphatic carbocycles. The Balaban J connectivity index is 2.10. The fourth-order valence-electron chi connectivity index (χ4n) is 1.66. The molecule has 1 aliphatic heterocycles. The summed E-state index contributed by atoms with van der Waals surface area (Å²) in [7, 11) is 3.41. The van der Waals surface area contributed by atoms with Crippen LogP contribution in [0.2, 0.25) is 0 Å². The third-order valence-corrected chi connectivity index (χ3v) is 2.87. The van der Waals surface area contributed by atoms with E-state index in [2.05, 4.69) is 22.0 Å². The van der Waals surface area contributed by atoms with Crippen molar-refractivity contribution >= 4 is 11.9 Å². The first-order chi connectivity index (χ1) is 8.13. The maximum absolute atomic E-state index is 11.7. The number of esters is 1. The van der Waals surface area contributed by atoms with Gasteiger partial charge in [0, 0.05) is 32.7 Å². The van der Waals surface area contributed by atoms with Gasteiger partial charge >= 0.3 is 5.97 Å². The Bertz CT molecular complexity index is 263. The normalized spacial score (nSPS) is 16.9. The Labute approximate surface area is 102 Å². The molecule has 17 heavy (non-hydrogen) atoms. The molecule has 1 fully saturated rings. The Morgan fingerprint density at radius 1 is 1.24 bits per heavy atom. The van der Waals surface area contributed by atoms with Crippen LogP contribution in [-0.4, -0.2) is 75.1 Å². The van der Waals surface area contributed by atoms with E-state index < -0.39 is 0 Å². The summed E-state index contributed by atoms with van der Waals surface area (Å²) in [6.45, 7) is 4.19. The number of piperazine rings is 1. The van der Waals surface area contributed by atoms with E-state index in [9.17, 15) is 9.59 Å². The summed E-state index contributed by atoms with van der Waals surface area (Å²) < 4.78 is 4.51. The molecule has 1 N–H and O–H groups in total. The van der Waals surface area contributed by atoms with E-state index in [-0.39, 0.29) is 11.9 Å². The first-order valence-corrected chi connectivity index (χ1v) is 5.87. The maximum Gasteiger partial charge on any atom is 0.306 e. The van der Waals surface area contributed by atoms with E-state index in [0.29, 0.717) is 19.5 Å². The van der Waals surface area contributed by atoms with E-state index in [1.54, 1.807) is 0 Å². The minimum absolute atomic E-state index is 0.1000. The highest BCUT2D eigenvalue weighted by Gasteiger charge is 2.18. The zero-order chi connectivity index (χ0) is 12.7. The van der Waals surface area contributed by atoms with Crippen molar-refractivity contribution in [3.05, 3.63) is 0 Å². The first-order valence-electron chi connectivity index (χ1n) is 5.87. The number of nitrogens with one attached hydrogen (secondary N) is 1. The second kappa shape index (κ2) is 7.24. The molecule has 6 nitrogen and oxygen atoms in total. The lowest BCUT2D eigenvalue weighted by Crippen LogP contribution is -2.49. The molecule has 98 valence electrons. The summed E-state index contributed by atoms with van der Waals surface area (Å²) in [5.74, 6) is -0.160.